The monoisotopic (exact) mass is 217 g/mol. The molecule has 1 aromatic carbocycles. The number of anilines is 1. The van der Waals surface area contributed by atoms with Crippen molar-refractivity contribution >= 4 is 5.69 Å². The molecule has 3 rings (SSSR count). The van der Waals surface area contributed by atoms with Crippen molar-refractivity contribution in [3.05, 3.63) is 41.2 Å². The Hall–Kier alpha value is -1.48. The summed E-state index contributed by atoms with van der Waals surface area (Å²) in [6.07, 6.45) is 4.43. The quantitative estimate of drug-likeness (QED) is 0.704. The molecule has 3 heteroatoms. The standard InChI is InChI=1S/C13H15NO2/c14-10-3-4-11-9(8-10)5-6-13(11,15)12-2-1-7-16-12/h2-4,8,15H,1,5-7,14H2. The Morgan fingerprint density at radius 1 is 1.38 bits per heavy atom. The molecular weight excluding hydrogens is 202 g/mol. The van der Waals surface area contributed by atoms with E-state index in [1.54, 1.807) is 0 Å². The minimum absolute atomic E-state index is 0.682. The Kier molecular flexibility index (Phi) is 1.98. The molecule has 0 fully saturated rings. The minimum Gasteiger partial charge on any atom is -0.494 e. The van der Waals surface area contributed by atoms with Gasteiger partial charge in [-0.25, -0.2) is 0 Å². The molecule has 0 radical (unpaired) electrons. The summed E-state index contributed by atoms with van der Waals surface area (Å²) in [7, 11) is 0. The lowest BCUT2D eigenvalue weighted by Gasteiger charge is -2.25. The van der Waals surface area contributed by atoms with Crippen molar-refractivity contribution in [2.75, 3.05) is 12.3 Å². The van der Waals surface area contributed by atoms with Crippen LogP contribution in [0.25, 0.3) is 0 Å². The predicted octanol–water partition coefficient (Wildman–Crippen LogP) is 1.71. The Bertz CT molecular complexity index is 467. The highest BCUT2D eigenvalue weighted by Gasteiger charge is 2.42. The number of benzene rings is 1. The van der Waals surface area contributed by atoms with Gasteiger partial charge in [-0.15, -0.1) is 0 Å². The van der Waals surface area contributed by atoms with Crippen LogP contribution >= 0.6 is 0 Å². The zero-order valence-corrected chi connectivity index (χ0v) is 9.07. The van der Waals surface area contributed by atoms with Crippen molar-refractivity contribution in [2.45, 2.75) is 24.9 Å². The first kappa shape index (κ1) is 9.73. The number of nitrogen functional groups attached to an aromatic ring is 1. The van der Waals surface area contributed by atoms with Gasteiger partial charge in [0.1, 0.15) is 11.4 Å². The van der Waals surface area contributed by atoms with E-state index >= 15 is 0 Å². The summed E-state index contributed by atoms with van der Waals surface area (Å²) in [4.78, 5) is 0. The highest BCUT2D eigenvalue weighted by Crippen LogP contribution is 2.44. The van der Waals surface area contributed by atoms with Crippen molar-refractivity contribution in [3.63, 3.8) is 0 Å². The lowest BCUT2D eigenvalue weighted by Crippen LogP contribution is -2.25. The van der Waals surface area contributed by atoms with Crippen LogP contribution in [0.4, 0.5) is 5.69 Å². The van der Waals surface area contributed by atoms with E-state index in [4.69, 9.17) is 10.5 Å². The van der Waals surface area contributed by atoms with E-state index in [-0.39, 0.29) is 0 Å². The molecule has 0 bridgehead atoms. The summed E-state index contributed by atoms with van der Waals surface area (Å²) >= 11 is 0. The summed E-state index contributed by atoms with van der Waals surface area (Å²) in [6, 6.07) is 5.70. The maximum Gasteiger partial charge on any atom is 0.147 e. The zero-order valence-electron chi connectivity index (χ0n) is 9.07. The highest BCUT2D eigenvalue weighted by atomic mass is 16.5. The van der Waals surface area contributed by atoms with Crippen LogP contribution in [-0.4, -0.2) is 11.7 Å². The largest absolute Gasteiger partial charge is 0.494 e. The lowest BCUT2D eigenvalue weighted by atomic mass is 9.93. The first-order valence-electron chi connectivity index (χ1n) is 5.65. The molecular formula is C13H15NO2. The molecule has 1 heterocycles. The van der Waals surface area contributed by atoms with Crippen molar-refractivity contribution in [2.24, 2.45) is 0 Å². The topological polar surface area (TPSA) is 55.5 Å². The van der Waals surface area contributed by atoms with Crippen LogP contribution in [0.1, 0.15) is 24.0 Å². The van der Waals surface area contributed by atoms with Crippen LogP contribution < -0.4 is 5.73 Å². The molecule has 1 unspecified atom stereocenters. The van der Waals surface area contributed by atoms with E-state index in [2.05, 4.69) is 0 Å². The molecule has 1 aliphatic carbocycles. The van der Waals surface area contributed by atoms with Gasteiger partial charge in [-0.1, -0.05) is 6.07 Å². The fourth-order valence-corrected chi connectivity index (χ4v) is 2.64. The third-order valence-electron chi connectivity index (χ3n) is 3.44. The van der Waals surface area contributed by atoms with Crippen molar-refractivity contribution in [1.82, 2.24) is 0 Å². The van der Waals surface area contributed by atoms with Gasteiger partial charge in [0.15, 0.2) is 0 Å². The fourth-order valence-electron chi connectivity index (χ4n) is 2.64. The molecule has 0 spiro atoms. The Morgan fingerprint density at radius 3 is 3.00 bits per heavy atom. The van der Waals surface area contributed by atoms with Crippen LogP contribution in [0.2, 0.25) is 0 Å². The first-order valence-corrected chi connectivity index (χ1v) is 5.65. The average Bonchev–Trinajstić information content (AvgIpc) is 2.87. The van der Waals surface area contributed by atoms with Crippen molar-refractivity contribution < 1.29 is 9.84 Å². The Labute approximate surface area is 94.5 Å². The molecule has 16 heavy (non-hydrogen) atoms. The van der Waals surface area contributed by atoms with Gasteiger partial charge in [0.05, 0.1) is 6.61 Å². The Balaban J connectivity index is 2.07. The molecule has 1 aliphatic heterocycles. The average molecular weight is 217 g/mol. The van der Waals surface area contributed by atoms with Crippen LogP contribution in [0.5, 0.6) is 0 Å². The SMILES string of the molecule is Nc1ccc2c(c1)CCC2(O)C1=CCCO1. The number of nitrogens with two attached hydrogens (primary N) is 1. The second-order valence-corrected chi connectivity index (χ2v) is 4.48. The van der Waals surface area contributed by atoms with Crippen LogP contribution in [0.15, 0.2) is 30.0 Å². The van der Waals surface area contributed by atoms with Crippen molar-refractivity contribution in [1.29, 1.82) is 0 Å². The number of fused-ring (bicyclic) bond motifs is 1. The molecule has 0 aromatic heterocycles. The third-order valence-corrected chi connectivity index (χ3v) is 3.44. The summed E-state index contributed by atoms with van der Waals surface area (Å²) in [5, 5.41) is 10.7. The number of rotatable bonds is 1. The molecule has 3 nitrogen and oxygen atoms in total. The third kappa shape index (κ3) is 1.25. The first-order chi connectivity index (χ1) is 7.70. The molecule has 2 aliphatic rings. The van der Waals surface area contributed by atoms with Gasteiger partial charge in [-0.3, -0.25) is 0 Å². The summed E-state index contributed by atoms with van der Waals surface area (Å²) < 4.78 is 5.51. The summed E-state index contributed by atoms with van der Waals surface area (Å²) in [5.41, 5.74) is 7.67. The van der Waals surface area contributed by atoms with Gasteiger partial charge >= 0.3 is 0 Å². The Morgan fingerprint density at radius 2 is 2.25 bits per heavy atom. The van der Waals surface area contributed by atoms with E-state index < -0.39 is 5.60 Å². The van der Waals surface area contributed by atoms with Crippen LogP contribution in [0.3, 0.4) is 0 Å². The minimum atomic E-state index is -0.917. The maximum atomic E-state index is 10.7. The lowest BCUT2D eigenvalue weighted by molar-refractivity contribution is 0.0172. The summed E-state index contributed by atoms with van der Waals surface area (Å²) in [5.74, 6) is 0.719. The molecule has 0 amide bonds. The number of aryl methyl sites for hydroxylation is 1. The molecule has 0 saturated carbocycles. The molecule has 0 saturated heterocycles. The zero-order chi connectivity index (χ0) is 11.2. The fraction of sp³-hybridized carbons (Fsp3) is 0.385. The number of hydrogen-bond donors (Lipinski definition) is 2. The smallest absolute Gasteiger partial charge is 0.147 e. The van der Waals surface area contributed by atoms with E-state index in [1.165, 1.54) is 0 Å². The molecule has 84 valence electrons. The summed E-state index contributed by atoms with van der Waals surface area (Å²) in [6.45, 7) is 0.682. The van der Waals surface area contributed by atoms with Gasteiger partial charge in [0, 0.05) is 12.1 Å². The van der Waals surface area contributed by atoms with Crippen LogP contribution in [-0.2, 0) is 16.8 Å². The van der Waals surface area contributed by atoms with E-state index in [0.29, 0.717) is 13.0 Å². The number of ether oxygens (including phenoxy) is 1. The maximum absolute atomic E-state index is 10.7. The normalized spacial score (nSPS) is 27.4. The molecule has 3 N–H and O–H groups in total. The van der Waals surface area contributed by atoms with Crippen molar-refractivity contribution in [3.8, 4) is 0 Å². The number of aliphatic hydroxyl groups is 1. The van der Waals surface area contributed by atoms with Gasteiger partial charge < -0.3 is 15.6 Å². The number of hydrogen-bond acceptors (Lipinski definition) is 3. The second-order valence-electron chi connectivity index (χ2n) is 4.48. The predicted molar refractivity (Wildman–Crippen MR) is 61.7 cm³/mol. The highest BCUT2D eigenvalue weighted by molar-refractivity contribution is 5.51. The van der Waals surface area contributed by atoms with Gasteiger partial charge in [-0.05, 0) is 42.2 Å². The van der Waals surface area contributed by atoms with Gasteiger partial charge in [0.25, 0.3) is 0 Å². The van der Waals surface area contributed by atoms with Gasteiger partial charge in [0.2, 0.25) is 0 Å². The van der Waals surface area contributed by atoms with E-state index in [0.717, 1.165) is 35.4 Å². The molecule has 1 aromatic rings. The van der Waals surface area contributed by atoms with Gasteiger partial charge in [-0.2, -0.15) is 0 Å². The van der Waals surface area contributed by atoms with Crippen LogP contribution in [0, 0.1) is 0 Å². The molecule has 1 atom stereocenters. The van der Waals surface area contributed by atoms with E-state index in [1.807, 2.05) is 24.3 Å². The second kappa shape index (κ2) is 3.25. The van der Waals surface area contributed by atoms with E-state index in [9.17, 15) is 5.11 Å².